The number of ether oxygens (including phenoxy) is 1. The third-order valence-electron chi connectivity index (χ3n) is 6.31. The van der Waals surface area contributed by atoms with Gasteiger partial charge in [0.25, 0.3) is 5.91 Å². The first-order valence-corrected chi connectivity index (χ1v) is 11.6. The maximum atomic E-state index is 13.4. The van der Waals surface area contributed by atoms with E-state index >= 15 is 0 Å². The summed E-state index contributed by atoms with van der Waals surface area (Å²) >= 11 is 0. The van der Waals surface area contributed by atoms with Crippen LogP contribution in [0.2, 0.25) is 0 Å². The third-order valence-corrected chi connectivity index (χ3v) is 6.31. The molecule has 1 aliphatic heterocycles. The molecule has 1 saturated carbocycles. The fourth-order valence-electron chi connectivity index (χ4n) is 3.94. The third kappa shape index (κ3) is 5.42. The number of fused-ring (bicyclic) bond motifs is 1. The van der Waals surface area contributed by atoms with Crippen molar-refractivity contribution in [3.8, 4) is 17.7 Å². The molecule has 0 aromatic carbocycles. The standard InChI is InChI=1S/C25H35N3O4/c1-16(2)9-10-19-11-21-23(26-12-19)32-22(14-27(5)24(30)20-7-6-8-20)17(3)13-28(25(21)31)18(4)15-29/h11-12,16-18,20,22,29H,6-8,13-15H2,1-5H3/t17-,18+,22+/m0/s1. The van der Waals surface area contributed by atoms with E-state index in [0.717, 1.165) is 19.3 Å². The van der Waals surface area contributed by atoms with E-state index in [1.54, 1.807) is 22.1 Å². The Morgan fingerprint density at radius 1 is 1.38 bits per heavy atom. The lowest BCUT2D eigenvalue weighted by atomic mass is 9.84. The molecule has 0 radical (unpaired) electrons. The maximum absolute atomic E-state index is 13.4. The van der Waals surface area contributed by atoms with E-state index in [1.807, 2.05) is 34.7 Å². The lowest BCUT2D eigenvalue weighted by Crippen LogP contribution is -2.51. The monoisotopic (exact) mass is 441 g/mol. The van der Waals surface area contributed by atoms with Crippen LogP contribution in [0.15, 0.2) is 12.3 Å². The van der Waals surface area contributed by atoms with Crippen LogP contribution in [-0.2, 0) is 4.79 Å². The van der Waals surface area contributed by atoms with Gasteiger partial charge in [-0.3, -0.25) is 9.59 Å². The zero-order chi connectivity index (χ0) is 23.4. The highest BCUT2D eigenvalue weighted by molar-refractivity contribution is 5.97. The zero-order valence-corrected chi connectivity index (χ0v) is 19.8. The van der Waals surface area contributed by atoms with Crippen LogP contribution in [-0.4, -0.2) is 70.6 Å². The number of hydrogen-bond donors (Lipinski definition) is 1. The highest BCUT2D eigenvalue weighted by Crippen LogP contribution is 2.30. The molecule has 0 spiro atoms. The summed E-state index contributed by atoms with van der Waals surface area (Å²) in [5.74, 6) is 6.58. The first-order valence-electron chi connectivity index (χ1n) is 11.6. The molecule has 7 nitrogen and oxygen atoms in total. The first kappa shape index (κ1) is 24.1. The topological polar surface area (TPSA) is 83.0 Å². The molecule has 7 heteroatoms. The Bertz CT molecular complexity index is 900. The van der Waals surface area contributed by atoms with E-state index in [2.05, 4.69) is 16.8 Å². The number of hydrogen-bond acceptors (Lipinski definition) is 5. The van der Waals surface area contributed by atoms with E-state index in [0.29, 0.717) is 24.2 Å². The second-order valence-corrected chi connectivity index (χ2v) is 9.47. The summed E-state index contributed by atoms with van der Waals surface area (Å²) in [6.45, 7) is 8.52. The molecule has 1 fully saturated rings. The average molecular weight is 442 g/mol. The first-order chi connectivity index (χ1) is 15.2. The number of aliphatic hydroxyl groups is 1. The van der Waals surface area contributed by atoms with E-state index in [1.165, 1.54) is 0 Å². The lowest BCUT2D eigenvalue weighted by Gasteiger charge is -2.38. The second-order valence-electron chi connectivity index (χ2n) is 9.47. The van der Waals surface area contributed by atoms with Crippen molar-refractivity contribution >= 4 is 11.8 Å². The summed E-state index contributed by atoms with van der Waals surface area (Å²) < 4.78 is 6.25. The van der Waals surface area contributed by atoms with E-state index in [-0.39, 0.29) is 54.2 Å². The molecule has 174 valence electrons. The molecular weight excluding hydrogens is 406 g/mol. The van der Waals surface area contributed by atoms with Gasteiger partial charge < -0.3 is 19.6 Å². The van der Waals surface area contributed by atoms with Crippen LogP contribution in [0.4, 0.5) is 0 Å². The fraction of sp³-hybridized carbons (Fsp3) is 0.640. The van der Waals surface area contributed by atoms with Crippen molar-refractivity contribution in [1.29, 1.82) is 0 Å². The number of nitrogens with zero attached hydrogens (tertiary/aromatic N) is 3. The van der Waals surface area contributed by atoms with Gasteiger partial charge in [-0.2, -0.15) is 0 Å². The minimum atomic E-state index is -0.351. The number of rotatable bonds is 5. The van der Waals surface area contributed by atoms with Crippen LogP contribution >= 0.6 is 0 Å². The fourth-order valence-corrected chi connectivity index (χ4v) is 3.94. The van der Waals surface area contributed by atoms with Crippen LogP contribution in [0, 0.1) is 29.6 Å². The molecule has 1 aliphatic carbocycles. The van der Waals surface area contributed by atoms with Gasteiger partial charge in [-0.25, -0.2) is 4.98 Å². The number of amides is 2. The van der Waals surface area contributed by atoms with Crippen LogP contribution in [0.1, 0.15) is 62.9 Å². The number of aliphatic hydroxyl groups excluding tert-OH is 1. The van der Waals surface area contributed by atoms with Gasteiger partial charge in [0.05, 0.1) is 19.2 Å². The van der Waals surface area contributed by atoms with Crippen molar-refractivity contribution in [2.75, 3.05) is 26.7 Å². The molecule has 0 unspecified atom stereocenters. The van der Waals surface area contributed by atoms with Crippen molar-refractivity contribution in [3.05, 3.63) is 23.4 Å². The van der Waals surface area contributed by atoms with Crippen LogP contribution in [0.3, 0.4) is 0 Å². The highest BCUT2D eigenvalue weighted by Gasteiger charge is 2.36. The van der Waals surface area contributed by atoms with Crippen molar-refractivity contribution < 1.29 is 19.4 Å². The highest BCUT2D eigenvalue weighted by atomic mass is 16.5. The van der Waals surface area contributed by atoms with Crippen LogP contribution in [0.25, 0.3) is 0 Å². The molecule has 0 bridgehead atoms. The van der Waals surface area contributed by atoms with Crippen molar-refractivity contribution in [3.63, 3.8) is 0 Å². The predicted octanol–water partition coefficient (Wildman–Crippen LogP) is 2.57. The quantitative estimate of drug-likeness (QED) is 0.710. The maximum Gasteiger partial charge on any atom is 0.259 e. The molecule has 2 heterocycles. The van der Waals surface area contributed by atoms with Crippen LogP contribution in [0.5, 0.6) is 5.88 Å². The molecule has 3 rings (SSSR count). The predicted molar refractivity (Wildman–Crippen MR) is 122 cm³/mol. The SMILES string of the molecule is CC(C)C#Cc1cnc2c(c1)C(=O)N([C@H](C)CO)C[C@H](C)[C@@H](CN(C)C(=O)C1CCC1)O2. The summed E-state index contributed by atoms with van der Waals surface area (Å²) in [7, 11) is 1.81. The molecule has 1 aromatic heterocycles. The van der Waals surface area contributed by atoms with Gasteiger partial charge in [0, 0.05) is 43.1 Å². The molecular formula is C25H35N3O4. The van der Waals surface area contributed by atoms with Crippen LogP contribution < -0.4 is 4.74 Å². The average Bonchev–Trinajstić information content (AvgIpc) is 2.72. The summed E-state index contributed by atoms with van der Waals surface area (Å²) in [5, 5.41) is 9.76. The van der Waals surface area contributed by atoms with Gasteiger partial charge in [-0.15, -0.1) is 0 Å². The Hall–Kier alpha value is -2.59. The molecule has 2 amide bonds. The minimum absolute atomic E-state index is 0.0556. The van der Waals surface area contributed by atoms with Gasteiger partial charge in [0.2, 0.25) is 11.8 Å². The van der Waals surface area contributed by atoms with E-state index in [9.17, 15) is 14.7 Å². The molecule has 0 saturated heterocycles. The Morgan fingerprint density at radius 3 is 2.69 bits per heavy atom. The van der Waals surface area contributed by atoms with E-state index in [4.69, 9.17) is 4.74 Å². The second kappa shape index (κ2) is 10.4. The van der Waals surface area contributed by atoms with Gasteiger partial charge in [0.15, 0.2) is 0 Å². The number of carbonyl (C=O) groups excluding carboxylic acids is 2. The number of carbonyl (C=O) groups is 2. The molecule has 3 atom stereocenters. The van der Waals surface area contributed by atoms with Crippen molar-refractivity contribution in [2.24, 2.45) is 17.8 Å². The normalized spacial score (nSPS) is 22.0. The largest absolute Gasteiger partial charge is 0.472 e. The molecule has 1 N–H and O–H groups in total. The molecule has 1 aromatic rings. The van der Waals surface area contributed by atoms with Gasteiger partial charge in [-0.05, 0) is 25.8 Å². The summed E-state index contributed by atoms with van der Waals surface area (Å²) in [5.41, 5.74) is 0.985. The summed E-state index contributed by atoms with van der Waals surface area (Å²) in [4.78, 5) is 33.9. The van der Waals surface area contributed by atoms with Crippen molar-refractivity contribution in [2.45, 2.75) is 59.1 Å². The van der Waals surface area contributed by atoms with E-state index < -0.39 is 0 Å². The summed E-state index contributed by atoms with van der Waals surface area (Å²) in [6.07, 6.45) is 4.30. The lowest BCUT2D eigenvalue weighted by molar-refractivity contribution is -0.138. The minimum Gasteiger partial charge on any atom is -0.472 e. The zero-order valence-electron chi connectivity index (χ0n) is 19.8. The number of pyridine rings is 1. The van der Waals surface area contributed by atoms with Gasteiger partial charge in [-0.1, -0.05) is 39.0 Å². The number of aromatic nitrogens is 1. The Labute approximate surface area is 191 Å². The van der Waals surface area contributed by atoms with Crippen molar-refractivity contribution in [1.82, 2.24) is 14.8 Å². The Kier molecular flexibility index (Phi) is 7.78. The molecule has 2 aliphatic rings. The van der Waals surface area contributed by atoms with Gasteiger partial charge in [0.1, 0.15) is 11.7 Å². The Morgan fingerprint density at radius 2 is 2.09 bits per heavy atom. The molecule has 32 heavy (non-hydrogen) atoms. The van der Waals surface area contributed by atoms with Gasteiger partial charge >= 0.3 is 0 Å². The summed E-state index contributed by atoms with van der Waals surface area (Å²) in [6, 6.07) is 1.37. The Balaban J connectivity index is 1.93. The number of likely N-dealkylation sites (N-methyl/N-ethyl adjacent to an activating group) is 1. The smallest absolute Gasteiger partial charge is 0.259 e.